The van der Waals surface area contributed by atoms with Crippen LogP contribution in [0.5, 0.6) is 0 Å². The Bertz CT molecular complexity index is 1370. The van der Waals surface area contributed by atoms with Crippen LogP contribution in [0.4, 0.5) is 5.13 Å². The molecule has 0 aliphatic rings. The van der Waals surface area contributed by atoms with E-state index >= 15 is 0 Å². The number of nitrogens with one attached hydrogen (secondary N) is 1. The number of hydrogen-bond donors (Lipinski definition) is 1. The van der Waals surface area contributed by atoms with Crippen molar-refractivity contribution in [3.63, 3.8) is 0 Å². The number of hydrogen-bond acceptors (Lipinski definition) is 6. The van der Waals surface area contributed by atoms with Crippen LogP contribution in [0.3, 0.4) is 0 Å². The smallest absolute Gasteiger partial charge is 0.236 e. The predicted octanol–water partition coefficient (Wildman–Crippen LogP) is 6.91. The SMILES string of the molecule is C=CCn1c(SCC(=O)Nc2nc(-c3ccc(C)c(C)c3)cs2)nnc1-c1ccc(Cl)cc1Cl. The molecule has 2 heterocycles. The van der Waals surface area contributed by atoms with Gasteiger partial charge in [0, 0.05) is 28.1 Å². The molecule has 0 bridgehead atoms. The van der Waals surface area contributed by atoms with Gasteiger partial charge in [0.05, 0.1) is 16.5 Å². The number of anilines is 1. The van der Waals surface area contributed by atoms with Gasteiger partial charge in [-0.2, -0.15) is 0 Å². The zero-order valence-corrected chi connectivity index (χ0v) is 21.7. The number of benzene rings is 2. The third-order valence-electron chi connectivity index (χ3n) is 5.09. The van der Waals surface area contributed by atoms with Gasteiger partial charge in [0.25, 0.3) is 0 Å². The largest absolute Gasteiger partial charge is 0.301 e. The molecule has 4 aromatic rings. The third-order valence-corrected chi connectivity index (χ3v) is 7.36. The van der Waals surface area contributed by atoms with E-state index in [-0.39, 0.29) is 11.7 Å². The van der Waals surface area contributed by atoms with Gasteiger partial charge in [-0.15, -0.1) is 28.1 Å². The monoisotopic (exact) mass is 529 g/mol. The van der Waals surface area contributed by atoms with Crippen molar-refractivity contribution in [2.75, 3.05) is 11.1 Å². The number of halogens is 2. The standard InChI is InChI=1S/C24H21Cl2N5OS2/c1-4-9-31-22(18-8-7-17(25)11-19(18)26)29-30-24(31)34-13-21(32)28-23-27-20(12-33-23)16-6-5-14(2)15(3)10-16/h4-8,10-12H,1,9,13H2,2-3H3,(H,27,28,32). The minimum absolute atomic E-state index is 0.155. The fourth-order valence-corrected chi connectivity index (χ4v) is 5.19. The molecule has 0 spiro atoms. The first-order chi connectivity index (χ1) is 16.4. The van der Waals surface area contributed by atoms with E-state index in [9.17, 15) is 4.79 Å². The Kier molecular flexibility index (Phi) is 7.73. The van der Waals surface area contributed by atoms with E-state index in [0.29, 0.717) is 38.3 Å². The maximum Gasteiger partial charge on any atom is 0.236 e. The number of rotatable bonds is 8. The summed E-state index contributed by atoms with van der Waals surface area (Å²) in [4.78, 5) is 17.1. The van der Waals surface area contributed by atoms with Gasteiger partial charge in [0.1, 0.15) is 0 Å². The maximum absolute atomic E-state index is 12.6. The summed E-state index contributed by atoms with van der Waals surface area (Å²) < 4.78 is 1.86. The fourth-order valence-electron chi connectivity index (χ4n) is 3.21. The lowest BCUT2D eigenvalue weighted by Crippen LogP contribution is -2.14. The van der Waals surface area contributed by atoms with E-state index in [1.165, 1.54) is 34.2 Å². The molecule has 0 atom stereocenters. The summed E-state index contributed by atoms with van der Waals surface area (Å²) in [7, 11) is 0. The fraction of sp³-hybridized carbons (Fsp3) is 0.167. The first-order valence-electron chi connectivity index (χ1n) is 10.3. The Morgan fingerprint density at radius 1 is 1.18 bits per heavy atom. The third kappa shape index (κ3) is 5.52. The van der Waals surface area contributed by atoms with Crippen molar-refractivity contribution >= 4 is 57.3 Å². The van der Waals surface area contributed by atoms with Crippen molar-refractivity contribution in [2.45, 2.75) is 25.5 Å². The molecule has 0 aliphatic heterocycles. The second kappa shape index (κ2) is 10.7. The average Bonchev–Trinajstić information content (AvgIpc) is 3.42. The summed E-state index contributed by atoms with van der Waals surface area (Å²) in [6.45, 7) is 8.43. The molecule has 34 heavy (non-hydrogen) atoms. The Balaban J connectivity index is 1.44. The molecule has 4 rings (SSSR count). The van der Waals surface area contributed by atoms with Crippen molar-refractivity contribution in [3.8, 4) is 22.6 Å². The number of nitrogens with zero attached hydrogens (tertiary/aromatic N) is 4. The number of thioether (sulfide) groups is 1. The average molecular weight is 531 g/mol. The van der Waals surface area contributed by atoms with Crippen LogP contribution in [-0.4, -0.2) is 31.4 Å². The van der Waals surface area contributed by atoms with E-state index in [2.05, 4.69) is 53.1 Å². The number of carbonyl (C=O) groups excluding carboxylic acids is 1. The highest BCUT2D eigenvalue weighted by Crippen LogP contribution is 2.32. The quantitative estimate of drug-likeness (QED) is 0.198. The van der Waals surface area contributed by atoms with Crippen LogP contribution in [-0.2, 0) is 11.3 Å². The van der Waals surface area contributed by atoms with E-state index in [1.54, 1.807) is 24.3 Å². The van der Waals surface area contributed by atoms with Gasteiger partial charge in [0.2, 0.25) is 5.91 Å². The molecule has 0 saturated carbocycles. The molecular formula is C24H21Cl2N5OS2. The maximum atomic E-state index is 12.6. The summed E-state index contributed by atoms with van der Waals surface area (Å²) in [6.07, 6.45) is 1.74. The van der Waals surface area contributed by atoms with Gasteiger partial charge in [-0.3, -0.25) is 9.36 Å². The molecule has 2 aromatic heterocycles. The van der Waals surface area contributed by atoms with Crippen molar-refractivity contribution in [1.29, 1.82) is 0 Å². The molecular weight excluding hydrogens is 509 g/mol. The van der Waals surface area contributed by atoms with E-state index < -0.39 is 0 Å². The number of carbonyl (C=O) groups is 1. The van der Waals surface area contributed by atoms with E-state index in [4.69, 9.17) is 23.2 Å². The van der Waals surface area contributed by atoms with Crippen LogP contribution in [0, 0.1) is 13.8 Å². The van der Waals surface area contributed by atoms with Crippen LogP contribution >= 0.6 is 46.3 Å². The number of allylic oxidation sites excluding steroid dienone is 1. The van der Waals surface area contributed by atoms with Crippen molar-refractivity contribution in [2.24, 2.45) is 0 Å². The van der Waals surface area contributed by atoms with Gasteiger partial charge in [0.15, 0.2) is 16.1 Å². The second-order valence-corrected chi connectivity index (χ2v) is 10.1. The molecule has 174 valence electrons. The lowest BCUT2D eigenvalue weighted by molar-refractivity contribution is -0.113. The molecule has 1 amide bonds. The zero-order chi connectivity index (χ0) is 24.2. The summed E-state index contributed by atoms with van der Waals surface area (Å²) in [5.74, 6) is 0.565. The van der Waals surface area contributed by atoms with Gasteiger partial charge in [-0.25, -0.2) is 4.98 Å². The molecule has 0 fully saturated rings. The Morgan fingerprint density at radius 2 is 2.00 bits per heavy atom. The Hall–Kier alpha value is -2.65. The second-order valence-electron chi connectivity index (χ2n) is 7.50. The number of amides is 1. The van der Waals surface area contributed by atoms with Crippen LogP contribution < -0.4 is 5.32 Å². The first-order valence-corrected chi connectivity index (χ1v) is 12.9. The van der Waals surface area contributed by atoms with Crippen LogP contribution in [0.15, 0.2) is 59.6 Å². The molecule has 1 N–H and O–H groups in total. The minimum atomic E-state index is -0.176. The molecule has 0 unspecified atom stereocenters. The highest BCUT2D eigenvalue weighted by molar-refractivity contribution is 7.99. The lowest BCUT2D eigenvalue weighted by atomic mass is 10.1. The number of aryl methyl sites for hydroxylation is 2. The van der Waals surface area contributed by atoms with Crippen molar-refractivity contribution < 1.29 is 4.79 Å². The van der Waals surface area contributed by atoms with Crippen LogP contribution in [0.2, 0.25) is 10.0 Å². The number of thiazole rings is 1. The molecule has 2 aromatic carbocycles. The van der Waals surface area contributed by atoms with Crippen LogP contribution in [0.25, 0.3) is 22.6 Å². The topological polar surface area (TPSA) is 72.7 Å². The summed E-state index contributed by atoms with van der Waals surface area (Å²) in [5.41, 5.74) is 5.01. The summed E-state index contributed by atoms with van der Waals surface area (Å²) in [5, 5.41) is 15.5. The molecule has 10 heteroatoms. The van der Waals surface area contributed by atoms with Gasteiger partial charge in [-0.1, -0.05) is 53.2 Å². The predicted molar refractivity (Wildman–Crippen MR) is 142 cm³/mol. The Labute approximate surface area is 216 Å². The lowest BCUT2D eigenvalue weighted by Gasteiger charge is -2.09. The molecule has 0 aliphatic carbocycles. The molecule has 6 nitrogen and oxygen atoms in total. The highest BCUT2D eigenvalue weighted by atomic mass is 35.5. The molecule has 0 radical (unpaired) electrons. The molecule has 0 saturated heterocycles. The van der Waals surface area contributed by atoms with Crippen molar-refractivity contribution in [3.05, 3.63) is 75.6 Å². The zero-order valence-electron chi connectivity index (χ0n) is 18.5. The first kappa shape index (κ1) is 24.5. The van der Waals surface area contributed by atoms with E-state index in [0.717, 1.165) is 11.3 Å². The minimum Gasteiger partial charge on any atom is -0.301 e. The highest BCUT2D eigenvalue weighted by Gasteiger charge is 2.18. The van der Waals surface area contributed by atoms with Gasteiger partial charge < -0.3 is 5.32 Å². The van der Waals surface area contributed by atoms with Gasteiger partial charge >= 0.3 is 0 Å². The normalized spacial score (nSPS) is 10.9. The van der Waals surface area contributed by atoms with E-state index in [1.807, 2.05) is 16.0 Å². The number of aromatic nitrogens is 4. The van der Waals surface area contributed by atoms with Crippen molar-refractivity contribution in [1.82, 2.24) is 19.7 Å². The summed E-state index contributed by atoms with van der Waals surface area (Å²) >= 11 is 15.1. The Morgan fingerprint density at radius 3 is 2.74 bits per heavy atom. The van der Waals surface area contributed by atoms with Gasteiger partial charge in [-0.05, 0) is 49.2 Å². The summed E-state index contributed by atoms with van der Waals surface area (Å²) in [6, 6.07) is 11.4. The van der Waals surface area contributed by atoms with Crippen LogP contribution in [0.1, 0.15) is 11.1 Å².